The van der Waals surface area contributed by atoms with E-state index in [0.717, 1.165) is 33.7 Å². The number of allylic oxidation sites excluding steroid dienone is 3. The highest BCUT2D eigenvalue weighted by molar-refractivity contribution is 5.91. The Kier molecular flexibility index (Phi) is 4.24. The minimum Gasteiger partial charge on any atom is -0.355 e. The molecule has 5 heteroatoms. The van der Waals surface area contributed by atoms with Gasteiger partial charge in [-0.25, -0.2) is 4.98 Å². The third kappa shape index (κ3) is 3.41. The maximum Gasteiger partial charge on any atom is 0.222 e. The maximum absolute atomic E-state index is 11.2. The molecule has 24 heavy (non-hydrogen) atoms. The van der Waals surface area contributed by atoms with E-state index in [1.807, 2.05) is 43.5 Å². The Bertz CT molecular complexity index is 880. The molecule has 0 fully saturated rings. The molecule has 2 aromatic rings. The Morgan fingerprint density at radius 3 is 2.83 bits per heavy atom. The monoisotopic (exact) mass is 318 g/mol. The van der Waals surface area contributed by atoms with Gasteiger partial charge in [0.1, 0.15) is 5.82 Å². The number of aryl methyl sites for hydroxylation is 1. The number of pyridine rings is 2. The molecule has 1 aliphatic rings. The summed E-state index contributed by atoms with van der Waals surface area (Å²) in [6, 6.07) is 5.72. The van der Waals surface area contributed by atoms with Crippen LogP contribution in [0.15, 0.2) is 61.2 Å². The molecule has 120 valence electrons. The molecule has 0 aliphatic carbocycles. The first-order valence-corrected chi connectivity index (χ1v) is 7.57. The zero-order valence-electron chi connectivity index (χ0n) is 13.6. The first kappa shape index (κ1) is 15.7. The van der Waals surface area contributed by atoms with Gasteiger partial charge in [0.05, 0.1) is 0 Å². The molecule has 3 heterocycles. The first-order chi connectivity index (χ1) is 11.5. The molecule has 0 aromatic carbocycles. The number of hydrogen-bond acceptors (Lipinski definition) is 4. The number of anilines is 1. The summed E-state index contributed by atoms with van der Waals surface area (Å²) in [6.45, 7) is 7.54. The fourth-order valence-corrected chi connectivity index (χ4v) is 2.55. The van der Waals surface area contributed by atoms with Crippen LogP contribution in [-0.2, 0) is 4.79 Å². The molecule has 1 amide bonds. The van der Waals surface area contributed by atoms with Gasteiger partial charge >= 0.3 is 0 Å². The van der Waals surface area contributed by atoms with Crippen molar-refractivity contribution in [2.75, 3.05) is 5.32 Å². The van der Waals surface area contributed by atoms with Gasteiger partial charge in [0.15, 0.2) is 0 Å². The van der Waals surface area contributed by atoms with E-state index in [1.54, 1.807) is 12.4 Å². The highest BCUT2D eigenvalue weighted by Gasteiger charge is 2.13. The molecular formula is C19H18N4O. The molecule has 5 nitrogen and oxygen atoms in total. The summed E-state index contributed by atoms with van der Waals surface area (Å²) in [5, 5.41) is 5.99. The van der Waals surface area contributed by atoms with E-state index in [9.17, 15) is 4.79 Å². The molecule has 0 saturated heterocycles. The van der Waals surface area contributed by atoms with E-state index in [4.69, 9.17) is 0 Å². The SMILES string of the molecule is C=C1C=C(c2ccnc(NC(C)=O)c2)C=C(c2cnccc2C)N1. The van der Waals surface area contributed by atoms with E-state index in [1.165, 1.54) is 6.92 Å². The summed E-state index contributed by atoms with van der Waals surface area (Å²) in [6.07, 6.45) is 9.29. The van der Waals surface area contributed by atoms with Gasteiger partial charge in [0.25, 0.3) is 0 Å². The average Bonchev–Trinajstić information content (AvgIpc) is 2.54. The number of aromatic nitrogens is 2. The Morgan fingerprint density at radius 2 is 2.08 bits per heavy atom. The summed E-state index contributed by atoms with van der Waals surface area (Å²) in [5.74, 6) is 0.378. The van der Waals surface area contributed by atoms with Crippen molar-refractivity contribution < 1.29 is 4.79 Å². The van der Waals surface area contributed by atoms with Gasteiger partial charge in [-0.3, -0.25) is 9.78 Å². The molecule has 0 radical (unpaired) electrons. The topological polar surface area (TPSA) is 66.9 Å². The Balaban J connectivity index is 2.00. The highest BCUT2D eigenvalue weighted by Crippen LogP contribution is 2.28. The van der Waals surface area contributed by atoms with E-state index in [2.05, 4.69) is 27.2 Å². The number of carbonyl (C=O) groups excluding carboxylic acids is 1. The van der Waals surface area contributed by atoms with Crippen LogP contribution in [0.3, 0.4) is 0 Å². The molecule has 2 aromatic heterocycles. The zero-order chi connectivity index (χ0) is 17.1. The van der Waals surface area contributed by atoms with Crippen LogP contribution < -0.4 is 10.6 Å². The maximum atomic E-state index is 11.2. The number of hydrogen-bond donors (Lipinski definition) is 2. The fraction of sp³-hybridized carbons (Fsp3) is 0.105. The van der Waals surface area contributed by atoms with Gasteiger partial charge < -0.3 is 10.6 Å². The lowest BCUT2D eigenvalue weighted by Crippen LogP contribution is -2.14. The largest absolute Gasteiger partial charge is 0.355 e. The van der Waals surface area contributed by atoms with Crippen molar-refractivity contribution in [3.8, 4) is 0 Å². The Labute approximate surface area is 140 Å². The van der Waals surface area contributed by atoms with Gasteiger partial charge in [-0.05, 0) is 54.0 Å². The van der Waals surface area contributed by atoms with Crippen molar-refractivity contribution in [2.45, 2.75) is 13.8 Å². The predicted octanol–water partition coefficient (Wildman–Crippen LogP) is 3.28. The van der Waals surface area contributed by atoms with Crippen molar-refractivity contribution in [3.05, 3.63) is 77.9 Å². The van der Waals surface area contributed by atoms with Gasteiger partial charge in [-0.1, -0.05) is 6.58 Å². The van der Waals surface area contributed by atoms with E-state index < -0.39 is 0 Å². The van der Waals surface area contributed by atoms with Crippen LogP contribution in [0.25, 0.3) is 11.3 Å². The molecule has 0 unspecified atom stereocenters. The van der Waals surface area contributed by atoms with Crippen molar-refractivity contribution in [2.24, 2.45) is 0 Å². The summed E-state index contributed by atoms with van der Waals surface area (Å²) < 4.78 is 0. The average molecular weight is 318 g/mol. The molecule has 0 saturated carbocycles. The summed E-state index contributed by atoms with van der Waals surface area (Å²) in [7, 11) is 0. The second kappa shape index (κ2) is 6.50. The van der Waals surface area contributed by atoms with Gasteiger partial charge in [0, 0.05) is 42.5 Å². The highest BCUT2D eigenvalue weighted by atomic mass is 16.1. The number of nitrogens with one attached hydrogen (secondary N) is 2. The number of dihydropyridines is 1. The smallest absolute Gasteiger partial charge is 0.222 e. The summed E-state index contributed by atoms with van der Waals surface area (Å²) in [4.78, 5) is 19.6. The van der Waals surface area contributed by atoms with Crippen LogP contribution in [0.4, 0.5) is 5.82 Å². The molecule has 3 rings (SSSR count). The number of rotatable bonds is 3. The predicted molar refractivity (Wildman–Crippen MR) is 95.7 cm³/mol. The molecule has 0 bridgehead atoms. The van der Waals surface area contributed by atoms with E-state index in [0.29, 0.717) is 5.82 Å². The standard InChI is InChI=1S/C19H18N4O/c1-12-4-6-20-11-17(12)18-9-16(8-13(2)22-18)15-5-7-21-19(10-15)23-14(3)24/h4-11,22H,2H2,1,3H3,(H,21,23,24). The lowest BCUT2D eigenvalue weighted by atomic mass is 9.98. The molecule has 1 aliphatic heterocycles. The minimum atomic E-state index is -0.148. The van der Waals surface area contributed by atoms with Crippen molar-refractivity contribution in [1.82, 2.24) is 15.3 Å². The van der Waals surface area contributed by atoms with Crippen LogP contribution >= 0.6 is 0 Å². The zero-order valence-corrected chi connectivity index (χ0v) is 13.6. The van der Waals surface area contributed by atoms with Gasteiger partial charge in [0.2, 0.25) is 5.91 Å². The fourth-order valence-electron chi connectivity index (χ4n) is 2.55. The van der Waals surface area contributed by atoms with Crippen molar-refractivity contribution in [1.29, 1.82) is 0 Å². The van der Waals surface area contributed by atoms with Crippen LogP contribution in [0, 0.1) is 6.92 Å². The summed E-state index contributed by atoms with van der Waals surface area (Å²) >= 11 is 0. The Hall–Kier alpha value is -3.21. The third-order valence-corrected chi connectivity index (χ3v) is 3.65. The normalized spacial score (nSPS) is 13.7. The van der Waals surface area contributed by atoms with Crippen LogP contribution in [0.5, 0.6) is 0 Å². The van der Waals surface area contributed by atoms with Crippen LogP contribution in [-0.4, -0.2) is 15.9 Å². The van der Waals surface area contributed by atoms with Gasteiger partial charge in [-0.15, -0.1) is 0 Å². The summed E-state index contributed by atoms with van der Waals surface area (Å²) in [5.41, 5.74) is 5.85. The lowest BCUT2D eigenvalue weighted by Gasteiger charge is -2.19. The molecular weight excluding hydrogens is 300 g/mol. The quantitative estimate of drug-likeness (QED) is 0.911. The van der Waals surface area contributed by atoms with Gasteiger partial charge in [-0.2, -0.15) is 0 Å². The van der Waals surface area contributed by atoms with Crippen molar-refractivity contribution in [3.63, 3.8) is 0 Å². The van der Waals surface area contributed by atoms with Crippen molar-refractivity contribution >= 4 is 23.0 Å². The molecule has 0 spiro atoms. The van der Waals surface area contributed by atoms with Crippen LogP contribution in [0.1, 0.15) is 23.6 Å². The number of nitrogens with zero attached hydrogens (tertiary/aromatic N) is 2. The second-order valence-electron chi connectivity index (χ2n) is 5.61. The second-order valence-corrected chi connectivity index (χ2v) is 5.61. The Morgan fingerprint density at radius 1 is 1.25 bits per heavy atom. The lowest BCUT2D eigenvalue weighted by molar-refractivity contribution is -0.114. The number of amides is 1. The van der Waals surface area contributed by atoms with Crippen LogP contribution in [0.2, 0.25) is 0 Å². The first-order valence-electron chi connectivity index (χ1n) is 7.57. The van der Waals surface area contributed by atoms with E-state index in [-0.39, 0.29) is 5.91 Å². The number of carbonyl (C=O) groups is 1. The van der Waals surface area contributed by atoms with E-state index >= 15 is 0 Å². The minimum absolute atomic E-state index is 0.148. The third-order valence-electron chi connectivity index (χ3n) is 3.65. The molecule has 2 N–H and O–H groups in total. The molecule has 0 atom stereocenters.